The van der Waals surface area contributed by atoms with Gasteiger partial charge in [-0.3, -0.25) is 4.79 Å². The molecule has 150 valence electrons. The van der Waals surface area contributed by atoms with Crippen molar-refractivity contribution in [3.63, 3.8) is 0 Å². The molecule has 9 heteroatoms. The fraction of sp³-hybridized carbons (Fsp3) is 0.250. The molecule has 1 aliphatic rings. The summed E-state index contributed by atoms with van der Waals surface area (Å²) in [7, 11) is 0. The first-order chi connectivity index (χ1) is 14.1. The third-order valence-corrected chi connectivity index (χ3v) is 5.24. The lowest BCUT2D eigenvalue weighted by Gasteiger charge is -2.35. The number of anilines is 1. The van der Waals surface area contributed by atoms with Gasteiger partial charge in [-0.25, -0.2) is 9.97 Å². The van der Waals surface area contributed by atoms with Crippen molar-refractivity contribution >= 4 is 34.9 Å². The van der Waals surface area contributed by atoms with Crippen molar-refractivity contribution in [3.05, 3.63) is 65.2 Å². The van der Waals surface area contributed by atoms with Gasteiger partial charge in [-0.05, 0) is 30.3 Å². The molecule has 1 aromatic carbocycles. The Morgan fingerprint density at radius 1 is 1.00 bits per heavy atom. The van der Waals surface area contributed by atoms with Crippen molar-refractivity contribution in [2.75, 3.05) is 37.7 Å². The van der Waals surface area contributed by atoms with E-state index in [1.807, 2.05) is 35.2 Å². The molecule has 1 saturated heterocycles. The minimum absolute atomic E-state index is 0.0629. The van der Waals surface area contributed by atoms with Crippen LogP contribution in [0.15, 0.2) is 55.1 Å². The monoisotopic (exact) mass is 431 g/mol. The fourth-order valence-electron chi connectivity index (χ4n) is 3.15. The first-order valence-electron chi connectivity index (χ1n) is 9.16. The average molecular weight is 432 g/mol. The van der Waals surface area contributed by atoms with Gasteiger partial charge in [0.05, 0.1) is 5.02 Å². The lowest BCUT2D eigenvalue weighted by molar-refractivity contribution is -0.133. The van der Waals surface area contributed by atoms with Gasteiger partial charge < -0.3 is 19.1 Å². The molecule has 0 atom stereocenters. The molecule has 4 rings (SSSR count). The predicted molar refractivity (Wildman–Crippen MR) is 112 cm³/mol. The summed E-state index contributed by atoms with van der Waals surface area (Å²) in [4.78, 5) is 25.1. The number of carbonyl (C=O) groups is 1. The number of benzene rings is 1. The second-order valence-electron chi connectivity index (χ2n) is 6.56. The van der Waals surface area contributed by atoms with E-state index in [1.165, 1.54) is 0 Å². The van der Waals surface area contributed by atoms with Crippen LogP contribution in [0, 0.1) is 0 Å². The van der Waals surface area contributed by atoms with Gasteiger partial charge in [0, 0.05) is 49.7 Å². The Morgan fingerprint density at radius 2 is 1.72 bits per heavy atom. The minimum atomic E-state index is -0.0774. The van der Waals surface area contributed by atoms with Gasteiger partial charge in [-0.1, -0.05) is 23.2 Å². The summed E-state index contributed by atoms with van der Waals surface area (Å²) in [6.07, 6.45) is 5.44. The van der Waals surface area contributed by atoms with Crippen LogP contribution in [0.25, 0.3) is 5.82 Å². The van der Waals surface area contributed by atoms with Crippen LogP contribution in [0.2, 0.25) is 10.0 Å². The molecule has 1 amide bonds. The molecule has 0 unspecified atom stereocenters. The van der Waals surface area contributed by atoms with E-state index >= 15 is 0 Å². The summed E-state index contributed by atoms with van der Waals surface area (Å²) in [5, 5.41) is 0.909. The maximum absolute atomic E-state index is 12.5. The van der Waals surface area contributed by atoms with E-state index in [2.05, 4.69) is 14.9 Å². The lowest BCUT2D eigenvalue weighted by atomic mass is 10.3. The van der Waals surface area contributed by atoms with Crippen molar-refractivity contribution in [2.45, 2.75) is 0 Å². The second kappa shape index (κ2) is 8.71. The van der Waals surface area contributed by atoms with E-state index in [0.29, 0.717) is 42.0 Å². The predicted octanol–water partition coefficient (Wildman–Crippen LogP) is 3.30. The van der Waals surface area contributed by atoms with Crippen LogP contribution in [0.4, 0.5) is 5.82 Å². The zero-order valence-electron chi connectivity index (χ0n) is 15.5. The SMILES string of the molecule is O=C(COc1ccc(Cl)cc1Cl)N1CCN(c2cc(-n3cccc3)ncn2)CC1. The number of amides is 1. The minimum Gasteiger partial charge on any atom is -0.482 e. The van der Waals surface area contributed by atoms with Crippen molar-refractivity contribution < 1.29 is 9.53 Å². The van der Waals surface area contributed by atoms with Crippen molar-refractivity contribution in [3.8, 4) is 11.6 Å². The fourth-order valence-corrected chi connectivity index (χ4v) is 3.61. The third-order valence-electron chi connectivity index (χ3n) is 4.71. The third kappa shape index (κ3) is 4.63. The number of hydrogen-bond acceptors (Lipinski definition) is 5. The van der Waals surface area contributed by atoms with Crippen molar-refractivity contribution in [1.82, 2.24) is 19.4 Å². The van der Waals surface area contributed by atoms with E-state index in [4.69, 9.17) is 27.9 Å². The second-order valence-corrected chi connectivity index (χ2v) is 7.40. The van der Waals surface area contributed by atoms with E-state index < -0.39 is 0 Å². The van der Waals surface area contributed by atoms with E-state index in [-0.39, 0.29) is 12.5 Å². The molecule has 0 bridgehead atoms. The molecule has 29 heavy (non-hydrogen) atoms. The summed E-state index contributed by atoms with van der Waals surface area (Å²) >= 11 is 12.0. The van der Waals surface area contributed by atoms with E-state index in [0.717, 1.165) is 11.6 Å². The molecule has 0 N–H and O–H groups in total. The van der Waals surface area contributed by atoms with Gasteiger partial charge in [0.15, 0.2) is 6.61 Å². The summed E-state index contributed by atoms with van der Waals surface area (Å²) in [5.74, 6) is 2.03. The van der Waals surface area contributed by atoms with Gasteiger partial charge >= 0.3 is 0 Å². The van der Waals surface area contributed by atoms with Crippen LogP contribution in [-0.2, 0) is 4.79 Å². The molecule has 2 aromatic heterocycles. The summed E-state index contributed by atoms with van der Waals surface area (Å²) < 4.78 is 7.49. The van der Waals surface area contributed by atoms with Crippen LogP contribution in [0.5, 0.6) is 5.75 Å². The first kappa shape index (κ1) is 19.5. The molecule has 0 spiro atoms. The summed E-state index contributed by atoms with van der Waals surface area (Å²) in [5.41, 5.74) is 0. The maximum Gasteiger partial charge on any atom is 0.260 e. The van der Waals surface area contributed by atoms with Gasteiger partial charge in [0.25, 0.3) is 5.91 Å². The zero-order chi connectivity index (χ0) is 20.2. The molecule has 3 heterocycles. The number of hydrogen-bond donors (Lipinski definition) is 0. The lowest BCUT2D eigenvalue weighted by Crippen LogP contribution is -2.50. The Hall–Kier alpha value is -2.77. The quantitative estimate of drug-likeness (QED) is 0.619. The number of aromatic nitrogens is 3. The number of ether oxygens (including phenoxy) is 1. The number of rotatable bonds is 5. The zero-order valence-corrected chi connectivity index (χ0v) is 17.1. The highest BCUT2D eigenvalue weighted by Crippen LogP contribution is 2.27. The summed E-state index contributed by atoms with van der Waals surface area (Å²) in [6, 6.07) is 10.8. The maximum atomic E-state index is 12.5. The number of halogens is 2. The Bertz CT molecular complexity index is 988. The van der Waals surface area contributed by atoms with Gasteiger partial charge in [-0.2, -0.15) is 0 Å². The topological polar surface area (TPSA) is 63.5 Å². The van der Waals surface area contributed by atoms with E-state index in [1.54, 1.807) is 29.4 Å². The van der Waals surface area contributed by atoms with Crippen LogP contribution in [-0.4, -0.2) is 58.1 Å². The van der Waals surface area contributed by atoms with Crippen LogP contribution < -0.4 is 9.64 Å². The Kier molecular flexibility index (Phi) is 5.87. The van der Waals surface area contributed by atoms with Gasteiger partial charge in [0.2, 0.25) is 0 Å². The van der Waals surface area contributed by atoms with Crippen LogP contribution in [0.1, 0.15) is 0 Å². The molecule has 7 nitrogen and oxygen atoms in total. The molecule has 0 aliphatic carbocycles. The highest BCUT2D eigenvalue weighted by Gasteiger charge is 2.22. The van der Waals surface area contributed by atoms with Crippen LogP contribution >= 0.6 is 23.2 Å². The largest absolute Gasteiger partial charge is 0.482 e. The molecular weight excluding hydrogens is 413 g/mol. The number of nitrogens with zero attached hydrogens (tertiary/aromatic N) is 5. The smallest absolute Gasteiger partial charge is 0.260 e. The number of carbonyl (C=O) groups excluding carboxylic acids is 1. The van der Waals surface area contributed by atoms with Crippen LogP contribution in [0.3, 0.4) is 0 Å². The first-order valence-corrected chi connectivity index (χ1v) is 9.92. The standard InChI is InChI=1S/C20H19Cl2N5O2/c21-15-3-4-17(16(22)11-15)29-13-20(28)27-9-7-26(8-10-27)19-12-18(23-14-24-19)25-5-1-2-6-25/h1-6,11-12,14H,7-10,13H2. The molecule has 0 saturated carbocycles. The molecule has 0 radical (unpaired) electrons. The Morgan fingerprint density at radius 3 is 2.45 bits per heavy atom. The normalized spacial score (nSPS) is 14.1. The molecule has 1 aliphatic heterocycles. The summed E-state index contributed by atoms with van der Waals surface area (Å²) in [6.45, 7) is 2.51. The highest BCUT2D eigenvalue weighted by atomic mass is 35.5. The number of piperazine rings is 1. The molecule has 3 aromatic rings. The average Bonchev–Trinajstić information content (AvgIpc) is 3.28. The Balaban J connectivity index is 1.32. The van der Waals surface area contributed by atoms with Crippen molar-refractivity contribution in [1.29, 1.82) is 0 Å². The highest BCUT2D eigenvalue weighted by molar-refractivity contribution is 6.35. The molecule has 1 fully saturated rings. The van der Waals surface area contributed by atoms with Crippen molar-refractivity contribution in [2.24, 2.45) is 0 Å². The molecular formula is C20H19Cl2N5O2. The van der Waals surface area contributed by atoms with Gasteiger partial charge in [0.1, 0.15) is 23.7 Å². The van der Waals surface area contributed by atoms with Gasteiger partial charge in [-0.15, -0.1) is 0 Å². The van der Waals surface area contributed by atoms with E-state index in [9.17, 15) is 4.79 Å². The Labute approximate surface area is 178 Å².